The Labute approximate surface area is 194 Å². The molecule has 6 rings (SSSR count). The van der Waals surface area contributed by atoms with Crippen LogP contribution in [0, 0.1) is 0 Å². The summed E-state index contributed by atoms with van der Waals surface area (Å²) in [6.45, 7) is 3.03. The van der Waals surface area contributed by atoms with E-state index in [1.54, 1.807) is 29.7 Å². The molecule has 5 nitrogen and oxygen atoms in total. The van der Waals surface area contributed by atoms with Crippen LogP contribution in [-0.4, -0.2) is 20.4 Å². The summed E-state index contributed by atoms with van der Waals surface area (Å²) in [5, 5.41) is 6.12. The van der Waals surface area contributed by atoms with Gasteiger partial charge in [0.05, 0.1) is 15.8 Å². The van der Waals surface area contributed by atoms with Crippen molar-refractivity contribution in [2.45, 2.75) is 13.5 Å². The number of fused-ring (bicyclic) bond motifs is 4. The minimum atomic E-state index is -0.198. The van der Waals surface area contributed by atoms with E-state index in [9.17, 15) is 4.79 Å². The average molecular weight is 449 g/mol. The van der Waals surface area contributed by atoms with E-state index in [-0.39, 0.29) is 5.91 Å². The Morgan fingerprint density at radius 2 is 1.76 bits per heavy atom. The first-order chi connectivity index (χ1) is 16.2. The van der Waals surface area contributed by atoms with E-state index in [0.29, 0.717) is 11.3 Å². The Morgan fingerprint density at radius 3 is 2.64 bits per heavy atom. The number of benzene rings is 3. The molecule has 3 aromatic carbocycles. The number of carbonyl (C=O) groups is 1. The zero-order chi connectivity index (χ0) is 22.4. The van der Waals surface area contributed by atoms with Crippen LogP contribution in [0.2, 0.25) is 0 Å². The molecule has 0 saturated heterocycles. The minimum Gasteiger partial charge on any atom is -0.341 e. The second-order valence-electron chi connectivity index (χ2n) is 7.83. The Kier molecular flexibility index (Phi) is 4.66. The van der Waals surface area contributed by atoms with Gasteiger partial charge in [-0.05, 0) is 55.5 Å². The minimum absolute atomic E-state index is 0.198. The highest BCUT2D eigenvalue weighted by Gasteiger charge is 2.18. The van der Waals surface area contributed by atoms with E-state index in [1.165, 1.54) is 10.9 Å². The predicted molar refractivity (Wildman–Crippen MR) is 136 cm³/mol. The molecule has 0 aliphatic carbocycles. The molecule has 0 bridgehead atoms. The van der Waals surface area contributed by atoms with Gasteiger partial charge in [0.15, 0.2) is 0 Å². The lowest BCUT2D eigenvalue weighted by Gasteiger charge is -2.09. The number of nitrogens with zero attached hydrogens (tertiary/aromatic N) is 3. The molecule has 3 aromatic heterocycles. The Hall–Kier alpha value is -4.03. The summed E-state index contributed by atoms with van der Waals surface area (Å²) < 4.78 is 3.37. The molecule has 0 aliphatic rings. The highest BCUT2D eigenvalue weighted by Crippen LogP contribution is 2.33. The van der Waals surface area contributed by atoms with E-state index in [0.717, 1.165) is 38.4 Å². The van der Waals surface area contributed by atoms with Gasteiger partial charge in [0.25, 0.3) is 5.91 Å². The van der Waals surface area contributed by atoms with E-state index >= 15 is 0 Å². The summed E-state index contributed by atoms with van der Waals surface area (Å²) in [5.41, 5.74) is 5.13. The maximum Gasteiger partial charge on any atom is 0.257 e. The summed E-state index contributed by atoms with van der Waals surface area (Å²) in [5.74, 6) is -0.198. The summed E-state index contributed by atoms with van der Waals surface area (Å²) in [6.07, 6.45) is 1.70. The quantitative estimate of drug-likeness (QED) is 0.325. The fraction of sp³-hybridized carbons (Fsp3) is 0.0741. The standard InChI is InChI=1S/C27H20N4OS/c1-2-31-22-11-5-3-8-18(22)20-16-17(13-14-23(20)31)29-26(32)19-9-7-15-28-25(19)27-30-21-10-4-6-12-24(21)33-27/h3-16H,2H2,1H3,(H,29,32). The van der Waals surface area contributed by atoms with Crippen LogP contribution in [0.4, 0.5) is 5.69 Å². The number of anilines is 1. The topological polar surface area (TPSA) is 59.8 Å². The zero-order valence-electron chi connectivity index (χ0n) is 17.9. The van der Waals surface area contributed by atoms with E-state index in [1.807, 2.05) is 36.4 Å². The maximum absolute atomic E-state index is 13.3. The van der Waals surface area contributed by atoms with Crippen molar-refractivity contribution >= 4 is 55.0 Å². The second kappa shape index (κ2) is 7.83. The SMILES string of the molecule is CCn1c2ccccc2c2cc(NC(=O)c3cccnc3-c3nc4ccccc4s3)ccc21. The number of amides is 1. The number of rotatable bonds is 4. The van der Waals surface area contributed by atoms with Gasteiger partial charge in [-0.1, -0.05) is 30.3 Å². The molecular weight excluding hydrogens is 428 g/mol. The van der Waals surface area contributed by atoms with E-state index < -0.39 is 0 Å². The molecule has 0 fully saturated rings. The predicted octanol–water partition coefficient (Wildman–Crippen LogP) is 6.74. The maximum atomic E-state index is 13.3. The normalized spacial score (nSPS) is 11.4. The fourth-order valence-corrected chi connectivity index (χ4v) is 5.38. The van der Waals surface area contributed by atoms with Crippen LogP contribution in [0.3, 0.4) is 0 Å². The van der Waals surface area contributed by atoms with Crippen LogP contribution in [0.15, 0.2) is 85.1 Å². The van der Waals surface area contributed by atoms with Crippen LogP contribution in [0.25, 0.3) is 42.7 Å². The molecule has 6 aromatic rings. The number of nitrogens with one attached hydrogen (secondary N) is 1. The van der Waals surface area contributed by atoms with Crippen molar-refractivity contribution < 1.29 is 4.79 Å². The van der Waals surface area contributed by atoms with Crippen LogP contribution >= 0.6 is 11.3 Å². The van der Waals surface area contributed by atoms with Gasteiger partial charge in [0, 0.05) is 40.2 Å². The van der Waals surface area contributed by atoms with Gasteiger partial charge >= 0.3 is 0 Å². The van der Waals surface area contributed by atoms with Crippen molar-refractivity contribution in [2.75, 3.05) is 5.32 Å². The summed E-state index contributed by atoms with van der Waals surface area (Å²) in [6, 6.07) is 26.0. The van der Waals surface area contributed by atoms with Crippen molar-refractivity contribution in [1.29, 1.82) is 0 Å². The number of para-hydroxylation sites is 2. The molecule has 1 N–H and O–H groups in total. The number of aromatic nitrogens is 3. The monoisotopic (exact) mass is 448 g/mol. The Balaban J connectivity index is 1.39. The number of thiazole rings is 1. The molecule has 0 atom stereocenters. The van der Waals surface area contributed by atoms with Crippen molar-refractivity contribution in [3.63, 3.8) is 0 Å². The number of pyridine rings is 1. The lowest BCUT2D eigenvalue weighted by Crippen LogP contribution is -2.13. The Bertz CT molecular complexity index is 1630. The van der Waals surface area contributed by atoms with E-state index in [2.05, 4.69) is 52.1 Å². The van der Waals surface area contributed by atoms with Crippen LogP contribution in [0.1, 0.15) is 17.3 Å². The van der Waals surface area contributed by atoms with Gasteiger partial charge in [-0.2, -0.15) is 0 Å². The average Bonchev–Trinajstić information content (AvgIpc) is 3.43. The van der Waals surface area contributed by atoms with Gasteiger partial charge in [0.2, 0.25) is 0 Å². The van der Waals surface area contributed by atoms with Gasteiger partial charge in [-0.25, -0.2) is 4.98 Å². The largest absolute Gasteiger partial charge is 0.341 e. The number of aryl methyl sites for hydroxylation is 1. The first kappa shape index (κ1) is 19.6. The molecule has 0 unspecified atom stereocenters. The molecule has 33 heavy (non-hydrogen) atoms. The molecule has 3 heterocycles. The third kappa shape index (κ3) is 3.27. The molecule has 0 saturated carbocycles. The van der Waals surface area contributed by atoms with Crippen molar-refractivity contribution in [1.82, 2.24) is 14.5 Å². The fourth-order valence-electron chi connectivity index (χ4n) is 4.40. The van der Waals surface area contributed by atoms with Crippen molar-refractivity contribution in [3.8, 4) is 10.7 Å². The first-order valence-electron chi connectivity index (χ1n) is 10.9. The van der Waals surface area contributed by atoms with Gasteiger partial charge < -0.3 is 9.88 Å². The zero-order valence-corrected chi connectivity index (χ0v) is 18.8. The van der Waals surface area contributed by atoms with Crippen molar-refractivity contribution in [2.24, 2.45) is 0 Å². The lowest BCUT2D eigenvalue weighted by molar-refractivity contribution is 0.102. The van der Waals surface area contributed by atoms with Gasteiger partial charge in [-0.3, -0.25) is 9.78 Å². The van der Waals surface area contributed by atoms with E-state index in [4.69, 9.17) is 4.98 Å². The number of hydrogen-bond acceptors (Lipinski definition) is 4. The second-order valence-corrected chi connectivity index (χ2v) is 8.86. The molecule has 0 radical (unpaired) electrons. The lowest BCUT2D eigenvalue weighted by atomic mass is 10.1. The third-order valence-corrected chi connectivity index (χ3v) is 6.94. The molecular formula is C27H20N4OS. The first-order valence-corrected chi connectivity index (χ1v) is 11.7. The summed E-state index contributed by atoms with van der Waals surface area (Å²) in [7, 11) is 0. The van der Waals surface area contributed by atoms with Crippen LogP contribution in [0.5, 0.6) is 0 Å². The number of hydrogen-bond donors (Lipinski definition) is 1. The van der Waals surface area contributed by atoms with Crippen molar-refractivity contribution in [3.05, 3.63) is 90.6 Å². The van der Waals surface area contributed by atoms with Gasteiger partial charge in [-0.15, -0.1) is 11.3 Å². The molecule has 160 valence electrons. The number of carbonyl (C=O) groups excluding carboxylic acids is 1. The highest BCUT2D eigenvalue weighted by atomic mass is 32.1. The third-order valence-electron chi connectivity index (χ3n) is 5.90. The van der Waals surface area contributed by atoms with Crippen LogP contribution in [-0.2, 0) is 6.54 Å². The van der Waals surface area contributed by atoms with Gasteiger partial charge in [0.1, 0.15) is 10.7 Å². The molecule has 6 heteroatoms. The van der Waals surface area contributed by atoms with Crippen LogP contribution < -0.4 is 5.32 Å². The smallest absolute Gasteiger partial charge is 0.257 e. The molecule has 0 aliphatic heterocycles. The molecule has 0 spiro atoms. The summed E-state index contributed by atoms with van der Waals surface area (Å²) in [4.78, 5) is 22.5. The summed E-state index contributed by atoms with van der Waals surface area (Å²) >= 11 is 1.54. The Morgan fingerprint density at radius 1 is 0.939 bits per heavy atom. The highest BCUT2D eigenvalue weighted by molar-refractivity contribution is 7.21. The molecule has 1 amide bonds.